The van der Waals surface area contributed by atoms with Gasteiger partial charge in [-0.15, -0.1) is 0 Å². The highest BCUT2D eigenvalue weighted by Crippen LogP contribution is 2.66. The van der Waals surface area contributed by atoms with E-state index in [2.05, 4.69) is 6.58 Å². The zero-order valence-corrected chi connectivity index (χ0v) is 10.1. The SMILES string of the molecule is C=C(C)C(=O)OC1CCC2C3CC(C4OC34)C12. The average molecular weight is 234 g/mol. The Morgan fingerprint density at radius 1 is 1.24 bits per heavy atom. The van der Waals surface area contributed by atoms with Gasteiger partial charge in [0, 0.05) is 11.5 Å². The number of hydrogen-bond donors (Lipinski definition) is 0. The first-order chi connectivity index (χ1) is 8.16. The van der Waals surface area contributed by atoms with E-state index in [1.54, 1.807) is 6.92 Å². The normalized spacial score (nSPS) is 53.1. The second kappa shape index (κ2) is 3.14. The van der Waals surface area contributed by atoms with Crippen molar-refractivity contribution >= 4 is 5.97 Å². The van der Waals surface area contributed by atoms with Gasteiger partial charge in [-0.2, -0.15) is 0 Å². The van der Waals surface area contributed by atoms with Gasteiger partial charge in [-0.3, -0.25) is 0 Å². The fraction of sp³-hybridized carbons (Fsp3) is 0.786. The number of hydrogen-bond acceptors (Lipinski definition) is 3. The molecule has 7 atom stereocenters. The third-order valence-corrected chi connectivity index (χ3v) is 5.31. The number of esters is 1. The summed E-state index contributed by atoms with van der Waals surface area (Å²) < 4.78 is 11.3. The van der Waals surface area contributed by atoms with Gasteiger partial charge >= 0.3 is 5.97 Å². The van der Waals surface area contributed by atoms with E-state index in [9.17, 15) is 4.79 Å². The molecule has 0 amide bonds. The zero-order chi connectivity index (χ0) is 11.7. The summed E-state index contributed by atoms with van der Waals surface area (Å²) >= 11 is 0. The Kier molecular flexibility index (Phi) is 1.87. The quantitative estimate of drug-likeness (QED) is 0.416. The van der Waals surface area contributed by atoms with E-state index in [0.717, 1.165) is 18.3 Å². The van der Waals surface area contributed by atoms with Crippen molar-refractivity contribution in [3.8, 4) is 0 Å². The van der Waals surface area contributed by atoms with E-state index in [1.165, 1.54) is 12.8 Å². The van der Waals surface area contributed by atoms with E-state index in [-0.39, 0.29) is 12.1 Å². The Balaban J connectivity index is 1.52. The van der Waals surface area contributed by atoms with Crippen LogP contribution in [0.1, 0.15) is 26.2 Å². The first-order valence-corrected chi connectivity index (χ1v) is 6.69. The number of fused-ring (bicyclic) bond motifs is 8. The summed E-state index contributed by atoms with van der Waals surface area (Å²) in [6, 6.07) is 0. The largest absolute Gasteiger partial charge is 0.459 e. The zero-order valence-electron chi connectivity index (χ0n) is 10.1. The van der Waals surface area contributed by atoms with Gasteiger partial charge in [0.25, 0.3) is 0 Å². The Labute approximate surface area is 101 Å². The number of carbonyl (C=O) groups excluding carboxylic acids is 1. The third-order valence-electron chi connectivity index (χ3n) is 5.31. The Morgan fingerprint density at radius 2 is 2.00 bits per heavy atom. The second-order valence-electron chi connectivity index (χ2n) is 6.17. The first kappa shape index (κ1) is 10.1. The average Bonchev–Trinajstić information content (AvgIpc) is 2.69. The molecule has 0 N–H and O–H groups in total. The second-order valence-corrected chi connectivity index (χ2v) is 6.17. The molecule has 4 fully saturated rings. The maximum absolute atomic E-state index is 11.6. The molecular formula is C14H18O3. The van der Waals surface area contributed by atoms with Crippen LogP contribution in [0.25, 0.3) is 0 Å². The lowest BCUT2D eigenvalue weighted by Crippen LogP contribution is -2.32. The monoisotopic (exact) mass is 234 g/mol. The van der Waals surface area contributed by atoms with Crippen molar-refractivity contribution in [1.82, 2.24) is 0 Å². The molecule has 92 valence electrons. The van der Waals surface area contributed by atoms with Crippen molar-refractivity contribution in [1.29, 1.82) is 0 Å². The molecule has 4 rings (SSSR count). The lowest BCUT2D eigenvalue weighted by molar-refractivity contribution is -0.147. The molecule has 3 nitrogen and oxygen atoms in total. The smallest absolute Gasteiger partial charge is 0.333 e. The predicted molar refractivity (Wildman–Crippen MR) is 61.2 cm³/mol. The minimum atomic E-state index is -0.216. The van der Waals surface area contributed by atoms with Gasteiger partial charge in [-0.1, -0.05) is 6.58 Å². The van der Waals surface area contributed by atoms with Crippen LogP contribution >= 0.6 is 0 Å². The molecule has 7 unspecified atom stereocenters. The number of carbonyl (C=O) groups is 1. The molecule has 1 saturated heterocycles. The van der Waals surface area contributed by atoms with Crippen LogP contribution < -0.4 is 0 Å². The van der Waals surface area contributed by atoms with Crippen LogP contribution in [0.5, 0.6) is 0 Å². The molecule has 3 saturated carbocycles. The molecule has 0 aromatic heterocycles. The van der Waals surface area contributed by atoms with Crippen molar-refractivity contribution in [3.05, 3.63) is 12.2 Å². The highest BCUT2D eigenvalue weighted by molar-refractivity contribution is 5.87. The van der Waals surface area contributed by atoms with Gasteiger partial charge in [-0.05, 0) is 43.9 Å². The first-order valence-electron chi connectivity index (χ1n) is 6.69. The van der Waals surface area contributed by atoms with Crippen molar-refractivity contribution in [2.24, 2.45) is 23.7 Å². The summed E-state index contributed by atoms with van der Waals surface area (Å²) in [6.45, 7) is 5.37. The van der Waals surface area contributed by atoms with Crippen LogP contribution in [0.4, 0.5) is 0 Å². The number of rotatable bonds is 2. The summed E-state index contributed by atoms with van der Waals surface area (Å²) in [4.78, 5) is 11.6. The third kappa shape index (κ3) is 1.23. The van der Waals surface area contributed by atoms with E-state index >= 15 is 0 Å². The van der Waals surface area contributed by atoms with E-state index in [1.807, 2.05) is 0 Å². The molecule has 0 spiro atoms. The van der Waals surface area contributed by atoms with Crippen LogP contribution in [-0.4, -0.2) is 24.3 Å². The summed E-state index contributed by atoms with van der Waals surface area (Å²) in [5, 5.41) is 0. The lowest BCUT2D eigenvalue weighted by atomic mass is 9.81. The molecule has 0 aromatic carbocycles. The van der Waals surface area contributed by atoms with Crippen LogP contribution in [0.2, 0.25) is 0 Å². The molecular weight excluding hydrogens is 216 g/mol. The maximum atomic E-state index is 11.6. The lowest BCUT2D eigenvalue weighted by Gasteiger charge is -2.26. The van der Waals surface area contributed by atoms with E-state index in [0.29, 0.717) is 29.6 Å². The number of epoxide rings is 1. The van der Waals surface area contributed by atoms with Crippen LogP contribution in [0.3, 0.4) is 0 Å². The minimum absolute atomic E-state index is 0.129. The molecule has 3 heteroatoms. The molecule has 3 aliphatic carbocycles. The van der Waals surface area contributed by atoms with Crippen molar-refractivity contribution < 1.29 is 14.3 Å². The van der Waals surface area contributed by atoms with Crippen molar-refractivity contribution in [2.75, 3.05) is 0 Å². The molecule has 2 bridgehead atoms. The Bertz CT molecular complexity index is 400. The number of ether oxygens (including phenoxy) is 2. The van der Waals surface area contributed by atoms with Gasteiger partial charge in [0.05, 0.1) is 12.2 Å². The molecule has 1 aliphatic heterocycles. The maximum Gasteiger partial charge on any atom is 0.333 e. The minimum Gasteiger partial charge on any atom is -0.459 e. The highest BCUT2D eigenvalue weighted by Gasteiger charge is 2.70. The standard InChI is InChI=1S/C14H18O3/c1-6(2)14(15)16-10-4-3-7-8-5-9(11(7)10)13-12(8)17-13/h7-13H,1,3-5H2,2H3. The van der Waals surface area contributed by atoms with Crippen molar-refractivity contribution in [2.45, 2.75) is 44.5 Å². The van der Waals surface area contributed by atoms with Crippen LogP contribution in [0.15, 0.2) is 12.2 Å². The Hall–Kier alpha value is -0.830. The van der Waals surface area contributed by atoms with E-state index < -0.39 is 0 Å². The fourth-order valence-corrected chi connectivity index (χ4v) is 4.69. The van der Waals surface area contributed by atoms with Gasteiger partial charge in [0.15, 0.2) is 0 Å². The highest BCUT2D eigenvalue weighted by atomic mass is 16.6. The molecule has 17 heavy (non-hydrogen) atoms. The molecule has 0 radical (unpaired) electrons. The summed E-state index contributed by atoms with van der Waals surface area (Å²) in [5.41, 5.74) is 0.511. The summed E-state index contributed by atoms with van der Waals surface area (Å²) in [7, 11) is 0. The van der Waals surface area contributed by atoms with Crippen molar-refractivity contribution in [3.63, 3.8) is 0 Å². The van der Waals surface area contributed by atoms with Gasteiger partial charge in [0.1, 0.15) is 6.10 Å². The van der Waals surface area contributed by atoms with Gasteiger partial charge in [0.2, 0.25) is 0 Å². The molecule has 4 aliphatic rings. The summed E-state index contributed by atoms with van der Waals surface area (Å²) in [5.74, 6) is 2.55. The van der Waals surface area contributed by atoms with Gasteiger partial charge in [-0.25, -0.2) is 4.79 Å². The summed E-state index contributed by atoms with van der Waals surface area (Å²) in [6.07, 6.45) is 4.77. The van der Waals surface area contributed by atoms with Crippen LogP contribution in [-0.2, 0) is 14.3 Å². The molecule has 0 aromatic rings. The molecule has 1 heterocycles. The fourth-order valence-electron chi connectivity index (χ4n) is 4.69. The predicted octanol–water partition coefficient (Wildman–Crippen LogP) is 1.92. The topological polar surface area (TPSA) is 38.8 Å². The van der Waals surface area contributed by atoms with E-state index in [4.69, 9.17) is 9.47 Å². The van der Waals surface area contributed by atoms with Gasteiger partial charge < -0.3 is 9.47 Å². The Morgan fingerprint density at radius 3 is 2.76 bits per heavy atom. The van der Waals surface area contributed by atoms with Crippen LogP contribution in [0, 0.1) is 23.7 Å².